The van der Waals surface area contributed by atoms with Crippen LogP contribution in [0.15, 0.2) is 48.5 Å². The molecule has 0 aliphatic carbocycles. The smallest absolute Gasteiger partial charge is 0.508 e. The van der Waals surface area contributed by atoms with Gasteiger partial charge in [-0.25, -0.2) is 0 Å². The highest BCUT2D eigenvalue weighted by atomic mass is 19.4. The lowest BCUT2D eigenvalue weighted by Crippen LogP contribution is -2.53. The number of nitrogens with zero attached hydrogens (tertiary/aromatic N) is 1. The van der Waals surface area contributed by atoms with Gasteiger partial charge < -0.3 is 24.8 Å². The Morgan fingerprint density at radius 3 is 2.62 bits per heavy atom. The number of ether oxygens (including phenoxy) is 2. The van der Waals surface area contributed by atoms with Crippen LogP contribution in [0, 0.1) is 0 Å². The summed E-state index contributed by atoms with van der Waals surface area (Å²) in [5.74, 6) is -1.89. The van der Waals surface area contributed by atoms with E-state index in [-0.39, 0.29) is 42.8 Å². The number of likely N-dealkylation sites (tertiary alicyclic amines) is 1. The van der Waals surface area contributed by atoms with Gasteiger partial charge in [0.25, 0.3) is 5.91 Å². The summed E-state index contributed by atoms with van der Waals surface area (Å²) in [6, 6.07) is 8.65. The third-order valence-electron chi connectivity index (χ3n) is 5.70. The first kappa shape index (κ1) is 23.6. The van der Waals surface area contributed by atoms with Gasteiger partial charge in [0, 0.05) is 18.5 Å². The molecule has 0 aromatic heterocycles. The van der Waals surface area contributed by atoms with Crippen molar-refractivity contribution < 1.29 is 42.1 Å². The molecule has 0 radical (unpaired) electrons. The Bertz CT molecular complexity index is 1090. The number of hydrogen-bond donors (Lipinski definition) is 2. The van der Waals surface area contributed by atoms with E-state index in [4.69, 9.17) is 4.74 Å². The van der Waals surface area contributed by atoms with E-state index in [1.807, 2.05) is 0 Å². The lowest BCUT2D eigenvalue weighted by molar-refractivity contribution is -0.274. The van der Waals surface area contributed by atoms with Gasteiger partial charge in [-0.05, 0) is 48.4 Å². The maximum Gasteiger partial charge on any atom is 0.573 e. The highest BCUT2D eigenvalue weighted by Gasteiger charge is 2.48. The van der Waals surface area contributed by atoms with Gasteiger partial charge in [-0.2, -0.15) is 0 Å². The van der Waals surface area contributed by atoms with Crippen LogP contribution in [0.25, 0.3) is 0 Å². The fraction of sp³-hybridized carbons (Fsp3) is 0.348. The molecule has 34 heavy (non-hydrogen) atoms. The lowest BCUT2D eigenvalue weighted by Gasteiger charge is -2.27. The van der Waals surface area contributed by atoms with E-state index in [9.17, 15) is 32.7 Å². The molecule has 0 saturated carbocycles. The van der Waals surface area contributed by atoms with Crippen LogP contribution in [0.5, 0.6) is 11.5 Å². The second-order valence-corrected chi connectivity index (χ2v) is 8.05. The van der Waals surface area contributed by atoms with Crippen LogP contribution in [0.2, 0.25) is 0 Å². The quantitative estimate of drug-likeness (QED) is 0.660. The molecule has 2 N–H and O–H groups in total. The summed E-state index contributed by atoms with van der Waals surface area (Å²) in [6.45, 7) is 0.213. The Kier molecular flexibility index (Phi) is 6.47. The van der Waals surface area contributed by atoms with Crippen LogP contribution in [0.1, 0.15) is 22.3 Å². The standard InChI is InChI=1S/C23H21F3N2O6/c24-23(25,26)34-16-6-4-14(5-7-16)21(31)27-17(11-13-2-1-3-15(29)10-13)22(32)28-9-8-19-20(28)18(30)12-33-19/h1-7,10,17,19-20,29H,8-9,11-12H2,(H,27,31). The summed E-state index contributed by atoms with van der Waals surface area (Å²) < 4.78 is 46.3. The SMILES string of the molecule is O=C(NC(Cc1cccc(O)c1)C(=O)N1CCC2OCC(=O)C21)c1ccc(OC(F)(F)F)cc1. The molecule has 2 amide bonds. The van der Waals surface area contributed by atoms with Gasteiger partial charge in [-0.3, -0.25) is 14.4 Å². The van der Waals surface area contributed by atoms with Crippen LogP contribution in [-0.4, -0.2) is 65.3 Å². The van der Waals surface area contributed by atoms with Gasteiger partial charge in [-0.1, -0.05) is 12.1 Å². The van der Waals surface area contributed by atoms with E-state index in [0.29, 0.717) is 12.0 Å². The van der Waals surface area contributed by atoms with Crippen molar-refractivity contribution in [1.29, 1.82) is 0 Å². The Hall–Kier alpha value is -3.60. The first-order valence-electron chi connectivity index (χ1n) is 10.5. The van der Waals surface area contributed by atoms with E-state index in [1.54, 1.807) is 12.1 Å². The fourth-order valence-electron chi connectivity index (χ4n) is 4.21. The number of nitrogens with one attached hydrogen (secondary N) is 1. The average molecular weight is 478 g/mol. The zero-order valence-corrected chi connectivity index (χ0v) is 17.7. The number of amides is 2. The topological polar surface area (TPSA) is 105 Å². The number of rotatable bonds is 6. The molecule has 2 aromatic carbocycles. The molecule has 3 atom stereocenters. The zero-order valence-electron chi connectivity index (χ0n) is 17.7. The number of Topliss-reactive ketones (excluding diaryl/α,β-unsaturated/α-hetero) is 1. The highest BCUT2D eigenvalue weighted by Crippen LogP contribution is 2.28. The van der Waals surface area contributed by atoms with Crippen LogP contribution >= 0.6 is 0 Å². The number of carbonyl (C=O) groups excluding carboxylic acids is 3. The van der Waals surface area contributed by atoms with E-state index in [0.717, 1.165) is 24.3 Å². The van der Waals surface area contributed by atoms with Gasteiger partial charge >= 0.3 is 6.36 Å². The van der Waals surface area contributed by atoms with Crippen molar-refractivity contribution in [3.63, 3.8) is 0 Å². The van der Waals surface area contributed by atoms with Crippen molar-refractivity contribution in [2.75, 3.05) is 13.2 Å². The van der Waals surface area contributed by atoms with Gasteiger partial charge in [0.05, 0.1) is 6.10 Å². The van der Waals surface area contributed by atoms with Crippen molar-refractivity contribution in [2.24, 2.45) is 0 Å². The summed E-state index contributed by atoms with van der Waals surface area (Å²) in [5, 5.41) is 12.4. The van der Waals surface area contributed by atoms with Crippen LogP contribution < -0.4 is 10.1 Å². The molecule has 2 heterocycles. The Morgan fingerprint density at radius 1 is 1.21 bits per heavy atom. The number of phenols is 1. The maximum absolute atomic E-state index is 13.4. The molecule has 0 spiro atoms. The van der Waals surface area contributed by atoms with Crippen molar-refractivity contribution in [1.82, 2.24) is 10.2 Å². The minimum Gasteiger partial charge on any atom is -0.508 e. The zero-order chi connectivity index (χ0) is 24.5. The average Bonchev–Trinajstić information content (AvgIpc) is 3.35. The van der Waals surface area contributed by atoms with E-state index in [2.05, 4.69) is 10.1 Å². The Morgan fingerprint density at radius 2 is 1.94 bits per heavy atom. The number of halogens is 3. The van der Waals surface area contributed by atoms with Crippen molar-refractivity contribution >= 4 is 17.6 Å². The van der Waals surface area contributed by atoms with Crippen molar-refractivity contribution in [3.8, 4) is 11.5 Å². The number of phenolic OH excluding ortho intramolecular Hbond substituents is 1. The van der Waals surface area contributed by atoms with Crippen LogP contribution in [0.4, 0.5) is 13.2 Å². The first-order chi connectivity index (χ1) is 16.1. The monoisotopic (exact) mass is 478 g/mol. The van der Waals surface area contributed by atoms with Crippen molar-refractivity contribution in [3.05, 3.63) is 59.7 Å². The molecule has 2 saturated heterocycles. The van der Waals surface area contributed by atoms with Gasteiger partial charge in [0.2, 0.25) is 5.91 Å². The van der Waals surface area contributed by atoms with Gasteiger partial charge in [0.1, 0.15) is 30.2 Å². The maximum atomic E-state index is 13.4. The minimum atomic E-state index is -4.86. The number of alkyl halides is 3. The van der Waals surface area contributed by atoms with E-state index < -0.39 is 36.0 Å². The molecular formula is C23H21F3N2O6. The molecule has 180 valence electrons. The largest absolute Gasteiger partial charge is 0.573 e. The number of hydrogen-bond acceptors (Lipinski definition) is 6. The molecule has 8 nitrogen and oxygen atoms in total. The third-order valence-corrected chi connectivity index (χ3v) is 5.70. The number of carbonyl (C=O) groups is 3. The highest BCUT2D eigenvalue weighted by molar-refractivity contribution is 5.99. The number of ketones is 1. The van der Waals surface area contributed by atoms with E-state index >= 15 is 0 Å². The number of benzene rings is 2. The van der Waals surface area contributed by atoms with Crippen LogP contribution in [0.3, 0.4) is 0 Å². The number of fused-ring (bicyclic) bond motifs is 1. The third kappa shape index (κ3) is 5.30. The van der Waals surface area contributed by atoms with E-state index in [1.165, 1.54) is 17.0 Å². The summed E-state index contributed by atoms with van der Waals surface area (Å²) >= 11 is 0. The predicted molar refractivity (Wildman–Crippen MR) is 111 cm³/mol. The molecule has 4 rings (SSSR count). The minimum absolute atomic E-state index is 0.0165. The molecule has 2 aromatic rings. The Balaban J connectivity index is 1.53. The van der Waals surface area contributed by atoms with Crippen LogP contribution in [-0.2, 0) is 20.7 Å². The second kappa shape index (κ2) is 9.34. The molecule has 3 unspecified atom stereocenters. The van der Waals surface area contributed by atoms with Gasteiger partial charge in [0.15, 0.2) is 5.78 Å². The van der Waals surface area contributed by atoms with Crippen molar-refractivity contribution in [2.45, 2.75) is 37.4 Å². The fourth-order valence-corrected chi connectivity index (χ4v) is 4.21. The first-order valence-corrected chi connectivity index (χ1v) is 10.5. The summed E-state index contributed by atoms with van der Waals surface area (Å²) in [7, 11) is 0. The molecule has 11 heteroatoms. The van der Waals surface area contributed by atoms with Gasteiger partial charge in [-0.15, -0.1) is 13.2 Å². The molecule has 2 aliphatic heterocycles. The molecule has 2 fully saturated rings. The molecule has 2 aliphatic rings. The summed E-state index contributed by atoms with van der Waals surface area (Å²) in [4.78, 5) is 39.9. The second-order valence-electron chi connectivity index (χ2n) is 8.05. The Labute approximate surface area is 192 Å². The molecular weight excluding hydrogens is 457 g/mol. The predicted octanol–water partition coefficient (Wildman–Crippen LogP) is 2.20. The lowest BCUT2D eigenvalue weighted by atomic mass is 10.0. The normalized spacial score (nSPS) is 20.7. The number of aromatic hydroxyl groups is 1. The molecule has 0 bridgehead atoms. The summed E-state index contributed by atoms with van der Waals surface area (Å²) in [5.41, 5.74) is 0.583. The summed E-state index contributed by atoms with van der Waals surface area (Å²) in [6.07, 6.45) is -4.72.